The Morgan fingerprint density at radius 3 is 2.72 bits per heavy atom. The summed E-state index contributed by atoms with van der Waals surface area (Å²) in [5, 5.41) is 6.37. The molecule has 2 N–H and O–H groups in total. The number of amides is 1. The molecule has 1 amide bonds. The molecule has 1 fully saturated rings. The van der Waals surface area contributed by atoms with Crippen molar-refractivity contribution in [1.82, 2.24) is 10.6 Å². The topological polar surface area (TPSA) is 81.2 Å². The van der Waals surface area contributed by atoms with E-state index in [0.29, 0.717) is 12.4 Å². The fraction of sp³-hybridized carbons (Fsp3) is 0.455. The second-order valence-corrected chi connectivity index (χ2v) is 6.97. The average Bonchev–Trinajstić information content (AvgIpc) is 2.93. The van der Waals surface area contributed by atoms with Gasteiger partial charge in [-0.15, -0.1) is 0 Å². The van der Waals surface area contributed by atoms with Crippen LogP contribution in [-0.2, 0) is 20.8 Å². The summed E-state index contributed by atoms with van der Waals surface area (Å²) < 4.78 is 15.9. The predicted molar refractivity (Wildman–Crippen MR) is 111 cm³/mol. The van der Waals surface area contributed by atoms with Crippen LogP contribution in [-0.4, -0.2) is 45.0 Å². The molecule has 3 rings (SSSR count). The van der Waals surface area contributed by atoms with Crippen LogP contribution in [0, 0.1) is 0 Å². The van der Waals surface area contributed by atoms with Crippen molar-refractivity contribution < 1.29 is 19.0 Å². The number of amidine groups is 1. The number of nitrogens with one attached hydrogen (secondary N) is 2. The van der Waals surface area contributed by atoms with E-state index in [0.717, 1.165) is 36.9 Å². The lowest BCUT2D eigenvalue weighted by atomic mass is 9.99. The number of aliphatic imine (C=N–C) groups is 1. The van der Waals surface area contributed by atoms with Gasteiger partial charge < -0.3 is 24.8 Å². The van der Waals surface area contributed by atoms with Gasteiger partial charge in [0, 0.05) is 19.9 Å². The van der Waals surface area contributed by atoms with Gasteiger partial charge in [0.15, 0.2) is 6.29 Å². The molecule has 29 heavy (non-hydrogen) atoms. The van der Waals surface area contributed by atoms with E-state index in [1.165, 1.54) is 5.57 Å². The van der Waals surface area contributed by atoms with E-state index in [2.05, 4.69) is 27.8 Å². The van der Waals surface area contributed by atoms with E-state index in [4.69, 9.17) is 14.2 Å². The van der Waals surface area contributed by atoms with Crippen molar-refractivity contribution in [3.05, 3.63) is 59.3 Å². The van der Waals surface area contributed by atoms with Gasteiger partial charge >= 0.3 is 6.09 Å². The number of benzene rings is 1. The number of ether oxygens (including phenoxy) is 3. The first kappa shape index (κ1) is 21.1. The van der Waals surface area contributed by atoms with E-state index in [1.54, 1.807) is 14.2 Å². The molecule has 7 nitrogen and oxygen atoms in total. The Hall–Kier alpha value is -2.64. The molecule has 1 aliphatic carbocycles. The fourth-order valence-electron chi connectivity index (χ4n) is 3.37. The summed E-state index contributed by atoms with van der Waals surface area (Å²) in [7, 11) is 3.16. The summed E-state index contributed by atoms with van der Waals surface area (Å²) in [6.07, 6.45) is 7.17. The number of hydrogen-bond acceptors (Lipinski definition) is 5. The summed E-state index contributed by atoms with van der Waals surface area (Å²) in [6, 6.07) is 9.34. The Morgan fingerprint density at radius 1 is 1.21 bits per heavy atom. The smallest absolute Gasteiger partial charge is 0.408 e. The molecule has 2 aliphatic rings. The van der Waals surface area contributed by atoms with E-state index >= 15 is 0 Å². The zero-order valence-corrected chi connectivity index (χ0v) is 17.0. The number of rotatable bonds is 7. The van der Waals surface area contributed by atoms with E-state index < -0.39 is 12.4 Å². The van der Waals surface area contributed by atoms with E-state index in [-0.39, 0.29) is 12.6 Å². The van der Waals surface area contributed by atoms with Gasteiger partial charge in [-0.25, -0.2) is 4.79 Å². The van der Waals surface area contributed by atoms with Crippen LogP contribution in [0.3, 0.4) is 0 Å². The molecular weight excluding hydrogens is 370 g/mol. The molecule has 1 atom stereocenters. The van der Waals surface area contributed by atoms with Gasteiger partial charge in [-0.3, -0.25) is 4.99 Å². The minimum absolute atomic E-state index is 0.227. The third-order valence-electron chi connectivity index (χ3n) is 4.99. The molecule has 1 aromatic rings. The van der Waals surface area contributed by atoms with Gasteiger partial charge in [0.05, 0.1) is 12.6 Å². The predicted octanol–water partition coefficient (Wildman–Crippen LogP) is 3.29. The second kappa shape index (κ2) is 10.8. The largest absolute Gasteiger partial charge is 0.445 e. The van der Waals surface area contributed by atoms with Gasteiger partial charge in [0.2, 0.25) is 0 Å². The lowest BCUT2D eigenvalue weighted by Crippen LogP contribution is -2.46. The molecule has 1 aromatic carbocycles. The molecule has 0 aromatic heterocycles. The highest BCUT2D eigenvalue weighted by Gasteiger charge is 2.26. The first-order valence-electron chi connectivity index (χ1n) is 9.93. The highest BCUT2D eigenvalue weighted by atomic mass is 16.7. The van der Waals surface area contributed by atoms with Crippen LogP contribution >= 0.6 is 0 Å². The lowest BCUT2D eigenvalue weighted by Gasteiger charge is -2.20. The fourth-order valence-corrected chi connectivity index (χ4v) is 3.37. The molecule has 7 heteroatoms. The average molecular weight is 399 g/mol. The zero-order chi connectivity index (χ0) is 20.5. The number of allylic oxidation sites excluding steroid dienone is 3. The van der Waals surface area contributed by atoms with Crippen LogP contribution in [0.1, 0.15) is 31.2 Å². The number of carbonyl (C=O) groups excluding carboxylic acids is 1. The Kier molecular flexibility index (Phi) is 7.84. The Labute approximate surface area is 171 Å². The Balaban J connectivity index is 1.68. The Morgan fingerprint density at radius 2 is 1.97 bits per heavy atom. The minimum atomic E-state index is -0.462. The van der Waals surface area contributed by atoms with Crippen LogP contribution in [0.15, 0.2) is 58.7 Å². The molecule has 0 bridgehead atoms. The van der Waals surface area contributed by atoms with Crippen LogP contribution in [0.4, 0.5) is 4.79 Å². The van der Waals surface area contributed by atoms with Gasteiger partial charge in [0.25, 0.3) is 0 Å². The van der Waals surface area contributed by atoms with Gasteiger partial charge in [-0.1, -0.05) is 42.5 Å². The number of methoxy groups -OCH3 is 2. The monoisotopic (exact) mass is 399 g/mol. The summed E-state index contributed by atoms with van der Waals surface area (Å²) in [5.74, 6) is 0.692. The van der Waals surface area contributed by atoms with Crippen LogP contribution in [0.25, 0.3) is 0 Å². The molecule has 0 unspecified atom stereocenters. The molecule has 1 aliphatic heterocycles. The molecular formula is C22H29N3O4. The van der Waals surface area contributed by atoms with Gasteiger partial charge in [-0.05, 0) is 36.8 Å². The molecule has 156 valence electrons. The van der Waals surface area contributed by atoms with Crippen molar-refractivity contribution in [3.8, 4) is 0 Å². The van der Waals surface area contributed by atoms with Crippen molar-refractivity contribution in [1.29, 1.82) is 0 Å². The number of fused-ring (bicyclic) bond motifs is 1. The SMILES string of the molecule is COC(CN=C1NC2=CCCC=C2CC[C@H]1NC(=O)OCc1ccccc1)OC. The van der Waals surface area contributed by atoms with E-state index in [9.17, 15) is 4.79 Å². The first-order valence-corrected chi connectivity index (χ1v) is 9.93. The normalized spacial score (nSPS) is 20.2. The third-order valence-corrected chi connectivity index (χ3v) is 4.99. The summed E-state index contributed by atoms with van der Waals surface area (Å²) >= 11 is 0. The maximum atomic E-state index is 12.4. The summed E-state index contributed by atoms with van der Waals surface area (Å²) in [6.45, 7) is 0.559. The molecule has 0 radical (unpaired) electrons. The molecule has 1 saturated heterocycles. The number of nitrogens with zero attached hydrogens (tertiary/aromatic N) is 1. The maximum absolute atomic E-state index is 12.4. The zero-order valence-electron chi connectivity index (χ0n) is 17.0. The Bertz CT molecular complexity index is 770. The van der Waals surface area contributed by atoms with Gasteiger partial charge in [0.1, 0.15) is 12.4 Å². The lowest BCUT2D eigenvalue weighted by molar-refractivity contribution is -0.0937. The quantitative estimate of drug-likeness (QED) is 0.688. The standard InChI is InChI=1S/C22H29N3O4/c1-27-20(28-2)14-23-21-19(13-12-17-10-6-7-11-18(17)24-21)25-22(26)29-15-16-8-4-3-5-9-16/h3-5,8-11,19-20H,6-7,12-15H2,1-2H3,(H,23,24)(H,25,26)/t19-/m1/s1. The third kappa shape index (κ3) is 6.17. The summed E-state index contributed by atoms with van der Waals surface area (Å²) in [4.78, 5) is 17.1. The molecule has 0 saturated carbocycles. The van der Waals surface area contributed by atoms with Crippen molar-refractivity contribution in [3.63, 3.8) is 0 Å². The van der Waals surface area contributed by atoms with Crippen LogP contribution < -0.4 is 10.6 Å². The van der Waals surface area contributed by atoms with Crippen LogP contribution in [0.5, 0.6) is 0 Å². The van der Waals surface area contributed by atoms with E-state index in [1.807, 2.05) is 30.3 Å². The minimum Gasteiger partial charge on any atom is -0.445 e. The second-order valence-electron chi connectivity index (χ2n) is 6.97. The summed E-state index contributed by atoms with van der Waals surface area (Å²) in [5.41, 5.74) is 3.28. The van der Waals surface area contributed by atoms with Crippen molar-refractivity contribution in [2.75, 3.05) is 20.8 Å². The van der Waals surface area contributed by atoms with Crippen LogP contribution in [0.2, 0.25) is 0 Å². The number of carbonyl (C=O) groups is 1. The molecule has 1 heterocycles. The highest BCUT2D eigenvalue weighted by molar-refractivity contribution is 5.92. The highest BCUT2D eigenvalue weighted by Crippen LogP contribution is 2.25. The first-order chi connectivity index (χ1) is 14.2. The number of hydrogen-bond donors (Lipinski definition) is 2. The van der Waals surface area contributed by atoms with Crippen molar-refractivity contribution in [2.45, 2.75) is 44.6 Å². The maximum Gasteiger partial charge on any atom is 0.408 e. The number of alkyl carbamates (subject to hydrolysis) is 1. The van der Waals surface area contributed by atoms with Crippen molar-refractivity contribution in [2.24, 2.45) is 4.99 Å². The van der Waals surface area contributed by atoms with Gasteiger partial charge in [-0.2, -0.15) is 0 Å². The molecule has 0 spiro atoms. The van der Waals surface area contributed by atoms with Crippen molar-refractivity contribution >= 4 is 11.9 Å².